The van der Waals surface area contributed by atoms with Gasteiger partial charge in [-0.25, -0.2) is 15.0 Å². The molecule has 1 amide bonds. The van der Waals surface area contributed by atoms with Crippen molar-refractivity contribution in [3.63, 3.8) is 0 Å². The van der Waals surface area contributed by atoms with Crippen molar-refractivity contribution in [1.82, 2.24) is 20.4 Å². The van der Waals surface area contributed by atoms with Gasteiger partial charge >= 0.3 is 0 Å². The molecule has 140 valence electrons. The highest BCUT2D eigenvalue weighted by Crippen LogP contribution is 2.14. The van der Waals surface area contributed by atoms with Gasteiger partial charge in [-0.3, -0.25) is 10.2 Å². The topological polar surface area (TPSA) is 78.4 Å². The van der Waals surface area contributed by atoms with E-state index in [0.29, 0.717) is 12.0 Å². The van der Waals surface area contributed by atoms with E-state index in [1.165, 1.54) is 6.33 Å². The van der Waals surface area contributed by atoms with Crippen molar-refractivity contribution in [2.24, 2.45) is 0 Å². The van der Waals surface area contributed by atoms with Crippen LogP contribution >= 0.6 is 0 Å². The van der Waals surface area contributed by atoms with Crippen molar-refractivity contribution in [3.05, 3.63) is 72.2 Å². The molecule has 0 unspecified atom stereocenters. The Hall–Kier alpha value is -2.83. The first-order valence-electron chi connectivity index (χ1n) is 9.02. The normalized spacial score (nSPS) is 12.5. The number of aliphatic hydroxyl groups is 1. The largest absolute Gasteiger partial charge is 0.395 e. The summed E-state index contributed by atoms with van der Waals surface area (Å²) in [7, 11) is 0. The number of nitrogens with zero attached hydrogens (tertiary/aromatic N) is 3. The number of fused-ring (bicyclic) bond motifs is 1. The Morgan fingerprint density at radius 3 is 2.67 bits per heavy atom. The Morgan fingerprint density at radius 1 is 1.19 bits per heavy atom. The second kappa shape index (κ2) is 8.70. The summed E-state index contributed by atoms with van der Waals surface area (Å²) in [5.41, 5.74) is 5.31. The lowest BCUT2D eigenvalue weighted by atomic mass is 10.1. The average Bonchev–Trinajstić information content (AvgIpc) is 2.70. The molecule has 2 N–H and O–H groups in total. The number of aromatic nitrogens is 2. The molecule has 0 spiro atoms. The van der Waals surface area contributed by atoms with Gasteiger partial charge in [-0.15, -0.1) is 0 Å². The highest BCUT2D eigenvalue weighted by molar-refractivity contribution is 5.97. The molecular formula is C21H24N4O2. The lowest BCUT2D eigenvalue weighted by Gasteiger charge is -2.34. The van der Waals surface area contributed by atoms with Gasteiger partial charge in [0.2, 0.25) is 0 Å². The van der Waals surface area contributed by atoms with Gasteiger partial charge in [0.05, 0.1) is 18.2 Å². The molecule has 0 aliphatic rings. The number of nitrogens with one attached hydrogen (secondary N) is 1. The van der Waals surface area contributed by atoms with Crippen LogP contribution in [0.15, 0.2) is 61.1 Å². The predicted molar refractivity (Wildman–Crippen MR) is 105 cm³/mol. The van der Waals surface area contributed by atoms with Crippen molar-refractivity contribution in [2.75, 3.05) is 6.61 Å². The van der Waals surface area contributed by atoms with Gasteiger partial charge in [-0.05, 0) is 38.0 Å². The number of aliphatic hydroxyl groups excluding tert-OH is 1. The number of amides is 1. The minimum Gasteiger partial charge on any atom is -0.395 e. The first-order valence-corrected chi connectivity index (χ1v) is 9.02. The SMILES string of the molecule is CC(C)N(NC(=O)c1ccc2cncnc2c1)[C@H](CO)Cc1ccccc1. The fraction of sp³-hybridized carbons (Fsp3) is 0.286. The zero-order chi connectivity index (χ0) is 19.2. The summed E-state index contributed by atoms with van der Waals surface area (Å²) in [5.74, 6) is -0.226. The molecule has 1 aromatic heterocycles. The smallest absolute Gasteiger partial charge is 0.265 e. The summed E-state index contributed by atoms with van der Waals surface area (Å²) < 4.78 is 0. The van der Waals surface area contributed by atoms with Crippen LogP contribution in [0.5, 0.6) is 0 Å². The molecule has 1 atom stereocenters. The van der Waals surface area contributed by atoms with E-state index in [9.17, 15) is 9.90 Å². The first-order chi connectivity index (χ1) is 13.1. The predicted octanol–water partition coefficient (Wildman–Crippen LogP) is 2.59. The van der Waals surface area contributed by atoms with Crippen LogP contribution in [0.25, 0.3) is 10.9 Å². The molecule has 3 rings (SSSR count). The van der Waals surface area contributed by atoms with Crippen LogP contribution in [-0.4, -0.2) is 44.7 Å². The number of benzene rings is 2. The van der Waals surface area contributed by atoms with Gasteiger partial charge in [0.25, 0.3) is 5.91 Å². The summed E-state index contributed by atoms with van der Waals surface area (Å²) in [6.07, 6.45) is 3.82. The van der Waals surface area contributed by atoms with Crippen molar-refractivity contribution in [2.45, 2.75) is 32.4 Å². The number of hydrogen-bond donors (Lipinski definition) is 2. The summed E-state index contributed by atoms with van der Waals surface area (Å²) >= 11 is 0. The zero-order valence-corrected chi connectivity index (χ0v) is 15.5. The molecule has 6 nitrogen and oxygen atoms in total. The molecule has 3 aromatic rings. The Kier molecular flexibility index (Phi) is 6.11. The third kappa shape index (κ3) is 4.67. The fourth-order valence-corrected chi connectivity index (χ4v) is 3.08. The summed E-state index contributed by atoms with van der Waals surface area (Å²) in [5, 5.41) is 12.6. The maximum atomic E-state index is 12.8. The Bertz CT molecular complexity index is 899. The number of hydrazine groups is 1. The molecule has 0 saturated heterocycles. The van der Waals surface area contributed by atoms with Crippen molar-refractivity contribution >= 4 is 16.8 Å². The quantitative estimate of drug-likeness (QED) is 0.630. The molecule has 1 heterocycles. The van der Waals surface area contributed by atoms with Gasteiger partial charge in [-0.1, -0.05) is 36.4 Å². The average molecular weight is 364 g/mol. The van der Waals surface area contributed by atoms with Crippen LogP contribution in [0.1, 0.15) is 29.8 Å². The van der Waals surface area contributed by atoms with E-state index >= 15 is 0 Å². The molecule has 0 radical (unpaired) electrons. The second-order valence-electron chi connectivity index (χ2n) is 6.76. The Morgan fingerprint density at radius 2 is 1.96 bits per heavy atom. The maximum absolute atomic E-state index is 12.8. The van der Waals surface area contributed by atoms with E-state index in [1.54, 1.807) is 18.3 Å². The third-order valence-corrected chi connectivity index (χ3v) is 4.48. The van der Waals surface area contributed by atoms with Crippen LogP contribution in [0.3, 0.4) is 0 Å². The zero-order valence-electron chi connectivity index (χ0n) is 15.5. The molecule has 2 aromatic carbocycles. The van der Waals surface area contributed by atoms with E-state index in [1.807, 2.05) is 55.3 Å². The van der Waals surface area contributed by atoms with Gasteiger partial charge in [0.15, 0.2) is 0 Å². The van der Waals surface area contributed by atoms with Crippen LogP contribution in [0.2, 0.25) is 0 Å². The van der Waals surface area contributed by atoms with Gasteiger partial charge in [0, 0.05) is 23.2 Å². The Labute approximate surface area is 158 Å². The van der Waals surface area contributed by atoms with Crippen molar-refractivity contribution in [1.29, 1.82) is 0 Å². The number of rotatable bonds is 7. The highest BCUT2D eigenvalue weighted by atomic mass is 16.3. The van der Waals surface area contributed by atoms with Crippen molar-refractivity contribution in [3.8, 4) is 0 Å². The first kappa shape index (κ1) is 18.9. The lowest BCUT2D eigenvalue weighted by Crippen LogP contribution is -2.54. The lowest BCUT2D eigenvalue weighted by molar-refractivity contribution is 0.0378. The molecule has 0 aliphatic heterocycles. The van der Waals surface area contributed by atoms with Gasteiger partial charge in [0.1, 0.15) is 6.33 Å². The van der Waals surface area contributed by atoms with Crippen LogP contribution in [0, 0.1) is 0 Å². The number of carbonyl (C=O) groups excluding carboxylic acids is 1. The monoisotopic (exact) mass is 364 g/mol. The number of hydrogen-bond acceptors (Lipinski definition) is 5. The highest BCUT2D eigenvalue weighted by Gasteiger charge is 2.23. The van der Waals surface area contributed by atoms with Gasteiger partial charge in [-0.2, -0.15) is 0 Å². The molecule has 0 fully saturated rings. The van der Waals surface area contributed by atoms with E-state index in [-0.39, 0.29) is 24.6 Å². The second-order valence-corrected chi connectivity index (χ2v) is 6.76. The molecular weight excluding hydrogens is 340 g/mol. The minimum atomic E-state index is -0.226. The van der Waals surface area contributed by atoms with E-state index < -0.39 is 0 Å². The summed E-state index contributed by atoms with van der Waals surface area (Å²) in [6.45, 7) is 3.92. The molecule has 0 aliphatic carbocycles. The van der Waals surface area contributed by atoms with Crippen LogP contribution in [0.4, 0.5) is 0 Å². The minimum absolute atomic E-state index is 0.0255. The molecule has 0 saturated carbocycles. The van der Waals surface area contributed by atoms with E-state index in [2.05, 4.69) is 15.4 Å². The summed E-state index contributed by atoms with van der Waals surface area (Å²) in [4.78, 5) is 21.0. The van der Waals surface area contributed by atoms with Crippen LogP contribution in [-0.2, 0) is 6.42 Å². The van der Waals surface area contributed by atoms with Crippen LogP contribution < -0.4 is 5.43 Å². The maximum Gasteiger partial charge on any atom is 0.265 e. The molecule has 27 heavy (non-hydrogen) atoms. The standard InChI is InChI=1S/C21H24N4O2/c1-15(2)25(19(13-26)10-16-6-4-3-5-7-16)24-21(27)17-8-9-18-12-22-14-23-20(18)11-17/h3-9,11-12,14-15,19,26H,10,13H2,1-2H3,(H,24,27)/t19-/m0/s1. The van der Waals surface area contributed by atoms with Crippen molar-refractivity contribution < 1.29 is 9.90 Å². The number of carbonyl (C=O) groups is 1. The summed E-state index contributed by atoms with van der Waals surface area (Å²) in [6, 6.07) is 15.1. The van der Waals surface area contributed by atoms with Gasteiger partial charge < -0.3 is 5.11 Å². The fourth-order valence-electron chi connectivity index (χ4n) is 3.08. The van der Waals surface area contributed by atoms with E-state index in [4.69, 9.17) is 0 Å². The van der Waals surface area contributed by atoms with E-state index in [0.717, 1.165) is 16.5 Å². The Balaban J connectivity index is 1.78. The molecule has 0 bridgehead atoms. The molecule has 6 heteroatoms. The third-order valence-electron chi connectivity index (χ3n) is 4.48.